The lowest BCUT2D eigenvalue weighted by Crippen LogP contribution is -2.50. The number of amides is 1. The van der Waals surface area contributed by atoms with Gasteiger partial charge in [-0.15, -0.1) is 0 Å². The van der Waals surface area contributed by atoms with E-state index in [1.54, 1.807) is 46.2 Å². The van der Waals surface area contributed by atoms with Gasteiger partial charge in [-0.05, 0) is 42.0 Å². The highest BCUT2D eigenvalue weighted by Gasteiger charge is 2.26. The SMILES string of the molecule is O=C(COc1ccc(/C=N\O)cc1)N1CCN(c2c(F)cc(-c3cc(CNc4ccon4)on3)cc2F)CC1. The molecule has 0 saturated carbocycles. The first kappa shape index (κ1) is 25.7. The average Bonchev–Trinajstić information content (AvgIpc) is 3.64. The molecule has 13 heteroatoms. The van der Waals surface area contributed by atoms with Gasteiger partial charge >= 0.3 is 0 Å². The highest BCUT2D eigenvalue weighted by atomic mass is 19.1. The van der Waals surface area contributed by atoms with E-state index in [4.69, 9.17) is 19.0 Å². The number of benzene rings is 2. The maximum atomic E-state index is 15.1. The molecule has 0 aliphatic carbocycles. The number of hydrogen-bond donors (Lipinski definition) is 2. The summed E-state index contributed by atoms with van der Waals surface area (Å²) in [6.45, 7) is 1.20. The molecule has 2 aromatic heterocycles. The number of nitrogens with zero attached hydrogens (tertiary/aromatic N) is 5. The summed E-state index contributed by atoms with van der Waals surface area (Å²) in [6, 6.07) is 12.4. The number of piperazine rings is 1. The number of carbonyl (C=O) groups is 1. The first-order valence-corrected chi connectivity index (χ1v) is 12.0. The topological polar surface area (TPSA) is 129 Å². The van der Waals surface area contributed by atoms with Gasteiger partial charge in [0.15, 0.2) is 18.2 Å². The lowest BCUT2D eigenvalue weighted by molar-refractivity contribution is -0.133. The lowest BCUT2D eigenvalue weighted by atomic mass is 10.1. The van der Waals surface area contributed by atoms with Crippen molar-refractivity contribution >= 4 is 23.6 Å². The van der Waals surface area contributed by atoms with E-state index in [-0.39, 0.29) is 43.4 Å². The molecule has 1 aliphatic heterocycles. The van der Waals surface area contributed by atoms with Crippen molar-refractivity contribution in [1.82, 2.24) is 15.2 Å². The summed E-state index contributed by atoms with van der Waals surface area (Å²) in [5.74, 6) is -0.223. The van der Waals surface area contributed by atoms with Crippen molar-refractivity contribution in [3.8, 4) is 17.0 Å². The zero-order chi connectivity index (χ0) is 27.2. The Hall–Kier alpha value is -4.94. The molecule has 39 heavy (non-hydrogen) atoms. The van der Waals surface area contributed by atoms with Crippen LogP contribution in [-0.4, -0.2) is 65.3 Å². The Balaban J connectivity index is 1.15. The lowest BCUT2D eigenvalue weighted by Gasteiger charge is -2.36. The molecule has 0 unspecified atom stereocenters. The van der Waals surface area contributed by atoms with E-state index < -0.39 is 11.6 Å². The molecule has 0 atom stereocenters. The van der Waals surface area contributed by atoms with Gasteiger partial charge < -0.3 is 34.1 Å². The third-order valence-electron chi connectivity index (χ3n) is 6.15. The van der Waals surface area contributed by atoms with E-state index in [1.165, 1.54) is 24.6 Å². The Kier molecular flexibility index (Phi) is 7.66. The van der Waals surface area contributed by atoms with Gasteiger partial charge in [0.2, 0.25) is 0 Å². The van der Waals surface area contributed by atoms with E-state index in [1.807, 2.05) is 0 Å². The van der Waals surface area contributed by atoms with Crippen LogP contribution < -0.4 is 15.0 Å². The number of ether oxygens (including phenoxy) is 1. The first-order chi connectivity index (χ1) is 19.0. The van der Waals surface area contributed by atoms with E-state index >= 15 is 8.78 Å². The molecule has 1 aliphatic rings. The average molecular weight is 539 g/mol. The fourth-order valence-electron chi connectivity index (χ4n) is 4.16. The summed E-state index contributed by atoms with van der Waals surface area (Å²) in [4.78, 5) is 15.8. The van der Waals surface area contributed by atoms with Crippen molar-refractivity contribution in [3.05, 3.63) is 77.8 Å². The quantitative estimate of drug-likeness (QED) is 0.186. The monoisotopic (exact) mass is 538 g/mol. The number of oxime groups is 1. The molecule has 2 aromatic carbocycles. The molecule has 1 saturated heterocycles. The van der Waals surface area contributed by atoms with Crippen LogP contribution in [-0.2, 0) is 11.3 Å². The van der Waals surface area contributed by atoms with Crippen molar-refractivity contribution in [2.24, 2.45) is 5.16 Å². The number of carbonyl (C=O) groups excluding carboxylic acids is 1. The largest absolute Gasteiger partial charge is 0.484 e. The minimum atomic E-state index is -0.729. The molecule has 5 rings (SSSR count). The van der Waals surface area contributed by atoms with Crippen LogP contribution in [0, 0.1) is 11.6 Å². The summed E-state index contributed by atoms with van der Waals surface area (Å²) in [5.41, 5.74) is 1.07. The molecule has 0 bridgehead atoms. The Bertz CT molecular complexity index is 1410. The Morgan fingerprint density at radius 3 is 2.49 bits per heavy atom. The molecule has 11 nitrogen and oxygen atoms in total. The molecule has 2 N–H and O–H groups in total. The van der Waals surface area contributed by atoms with Crippen molar-refractivity contribution in [2.75, 3.05) is 43.0 Å². The Morgan fingerprint density at radius 2 is 1.82 bits per heavy atom. The fraction of sp³-hybridized carbons (Fsp3) is 0.231. The number of halogens is 2. The van der Waals surface area contributed by atoms with Crippen molar-refractivity contribution < 1.29 is 32.6 Å². The van der Waals surface area contributed by atoms with Crippen LogP contribution in [0.25, 0.3) is 11.3 Å². The van der Waals surface area contributed by atoms with Crippen LogP contribution in [0.2, 0.25) is 0 Å². The molecule has 0 spiro atoms. The molecule has 0 radical (unpaired) electrons. The number of rotatable bonds is 9. The molecular formula is C26H24F2N6O5. The van der Waals surface area contributed by atoms with Gasteiger partial charge in [0.25, 0.3) is 5.91 Å². The Morgan fingerprint density at radius 1 is 1.08 bits per heavy atom. The van der Waals surface area contributed by atoms with Gasteiger partial charge in [0.1, 0.15) is 35.0 Å². The van der Waals surface area contributed by atoms with Crippen molar-refractivity contribution in [2.45, 2.75) is 6.54 Å². The molecule has 4 aromatic rings. The maximum absolute atomic E-state index is 15.1. The second-order valence-corrected chi connectivity index (χ2v) is 8.68. The van der Waals surface area contributed by atoms with E-state index in [9.17, 15) is 4.79 Å². The van der Waals surface area contributed by atoms with Gasteiger partial charge in [-0.1, -0.05) is 15.5 Å². The van der Waals surface area contributed by atoms with Gasteiger partial charge in [-0.2, -0.15) is 0 Å². The predicted octanol–water partition coefficient (Wildman–Crippen LogP) is 3.76. The normalized spacial score (nSPS) is 13.7. The minimum absolute atomic E-state index is 0.148. The van der Waals surface area contributed by atoms with E-state index in [0.29, 0.717) is 41.7 Å². The van der Waals surface area contributed by atoms with E-state index in [2.05, 4.69) is 20.8 Å². The smallest absolute Gasteiger partial charge is 0.260 e. The van der Waals surface area contributed by atoms with Crippen molar-refractivity contribution in [1.29, 1.82) is 0 Å². The number of hydrogen-bond acceptors (Lipinski definition) is 10. The summed E-state index contributed by atoms with van der Waals surface area (Å²) < 4.78 is 45.7. The molecular weight excluding hydrogens is 514 g/mol. The molecule has 1 fully saturated rings. The standard InChI is InChI=1S/C26H24F2N6O5/c27-21-11-18(23-13-20(39-31-23)15-29-24-5-10-38-32-24)12-22(28)26(21)34-8-6-33(7-9-34)25(35)16-37-19-3-1-17(2-4-19)14-30-36/h1-5,10-14,36H,6-9,15-16H2,(H,29,32)/b30-14-. The maximum Gasteiger partial charge on any atom is 0.260 e. The van der Waals surface area contributed by atoms with Crippen LogP contribution in [0.5, 0.6) is 5.75 Å². The fourth-order valence-corrected chi connectivity index (χ4v) is 4.16. The van der Waals surface area contributed by atoms with E-state index in [0.717, 1.165) is 0 Å². The molecule has 202 valence electrons. The molecule has 3 heterocycles. The third kappa shape index (κ3) is 6.14. The summed E-state index contributed by atoms with van der Waals surface area (Å²) >= 11 is 0. The Labute approximate surface area is 221 Å². The van der Waals surface area contributed by atoms with Crippen LogP contribution >= 0.6 is 0 Å². The number of nitrogens with one attached hydrogen (secondary N) is 1. The van der Waals surface area contributed by atoms with Gasteiger partial charge in [-0.25, -0.2) is 8.78 Å². The summed E-state index contributed by atoms with van der Waals surface area (Å²) in [5, 5.41) is 22.1. The highest BCUT2D eigenvalue weighted by Crippen LogP contribution is 2.30. The van der Waals surface area contributed by atoms with Gasteiger partial charge in [-0.3, -0.25) is 4.79 Å². The first-order valence-electron chi connectivity index (χ1n) is 12.0. The van der Waals surface area contributed by atoms with Crippen molar-refractivity contribution in [3.63, 3.8) is 0 Å². The van der Waals surface area contributed by atoms with Gasteiger partial charge in [0.05, 0.1) is 12.8 Å². The van der Waals surface area contributed by atoms with Crippen LogP contribution in [0.4, 0.5) is 20.3 Å². The second-order valence-electron chi connectivity index (χ2n) is 8.68. The number of aromatic nitrogens is 2. The minimum Gasteiger partial charge on any atom is -0.484 e. The highest BCUT2D eigenvalue weighted by molar-refractivity contribution is 5.79. The predicted molar refractivity (Wildman–Crippen MR) is 136 cm³/mol. The van der Waals surface area contributed by atoms with Gasteiger partial charge in [0, 0.05) is 43.9 Å². The second kappa shape index (κ2) is 11.6. The third-order valence-corrected chi connectivity index (χ3v) is 6.15. The summed E-state index contributed by atoms with van der Waals surface area (Å²) in [7, 11) is 0. The van der Waals surface area contributed by atoms with Crippen LogP contribution in [0.1, 0.15) is 11.3 Å². The zero-order valence-electron chi connectivity index (χ0n) is 20.6. The molecule has 1 amide bonds. The van der Waals surface area contributed by atoms with Crippen LogP contribution in [0.15, 0.2) is 69.0 Å². The number of anilines is 2. The zero-order valence-corrected chi connectivity index (χ0v) is 20.6. The summed E-state index contributed by atoms with van der Waals surface area (Å²) in [6.07, 6.45) is 2.70. The van der Waals surface area contributed by atoms with Crippen LogP contribution in [0.3, 0.4) is 0 Å².